The number of amides is 1. The SMILES string of the molecule is CC(C)(C)C(=O)NCC(c1cccnc1)[NH+]1CCN(c2ccccc2)CC1. The van der Waals surface area contributed by atoms with Crippen LogP contribution in [0.25, 0.3) is 0 Å². The van der Waals surface area contributed by atoms with Crippen LogP contribution in [0.4, 0.5) is 5.69 Å². The molecule has 0 saturated carbocycles. The highest BCUT2D eigenvalue weighted by molar-refractivity contribution is 5.81. The Labute approximate surface area is 162 Å². The average molecular weight is 368 g/mol. The van der Waals surface area contributed by atoms with Crippen LogP contribution in [-0.4, -0.2) is 43.6 Å². The lowest BCUT2D eigenvalue weighted by atomic mass is 9.95. The zero-order valence-electron chi connectivity index (χ0n) is 16.6. The van der Waals surface area contributed by atoms with Crippen molar-refractivity contribution in [3.8, 4) is 0 Å². The number of hydrogen-bond donors (Lipinski definition) is 2. The summed E-state index contributed by atoms with van der Waals surface area (Å²) in [6.45, 7) is 10.6. The van der Waals surface area contributed by atoms with Crippen LogP contribution < -0.4 is 15.1 Å². The first kappa shape index (κ1) is 19.4. The van der Waals surface area contributed by atoms with Gasteiger partial charge in [0.25, 0.3) is 0 Å². The van der Waals surface area contributed by atoms with E-state index in [0.717, 1.165) is 26.2 Å². The fourth-order valence-corrected chi connectivity index (χ4v) is 3.58. The van der Waals surface area contributed by atoms with Gasteiger partial charge in [0.2, 0.25) is 5.91 Å². The van der Waals surface area contributed by atoms with E-state index in [-0.39, 0.29) is 17.4 Å². The Morgan fingerprint density at radius 2 is 1.85 bits per heavy atom. The number of para-hydroxylation sites is 1. The van der Waals surface area contributed by atoms with Crippen molar-refractivity contribution in [1.82, 2.24) is 10.3 Å². The molecule has 3 rings (SSSR count). The van der Waals surface area contributed by atoms with Crippen LogP contribution in [0.15, 0.2) is 54.9 Å². The number of hydrogen-bond acceptors (Lipinski definition) is 3. The van der Waals surface area contributed by atoms with E-state index in [1.54, 1.807) is 6.20 Å². The molecule has 5 nitrogen and oxygen atoms in total. The molecule has 1 amide bonds. The number of nitrogens with zero attached hydrogens (tertiary/aromatic N) is 2. The van der Waals surface area contributed by atoms with Gasteiger partial charge in [0.15, 0.2) is 0 Å². The molecule has 1 aliphatic heterocycles. The van der Waals surface area contributed by atoms with Crippen molar-refractivity contribution in [2.24, 2.45) is 5.41 Å². The molecule has 2 aromatic rings. The van der Waals surface area contributed by atoms with Crippen molar-refractivity contribution in [1.29, 1.82) is 0 Å². The molecule has 1 unspecified atom stereocenters. The predicted octanol–water partition coefficient (Wildman–Crippen LogP) is 1.69. The number of pyridine rings is 1. The van der Waals surface area contributed by atoms with Crippen molar-refractivity contribution in [2.45, 2.75) is 26.8 Å². The number of benzene rings is 1. The molecule has 1 fully saturated rings. The lowest BCUT2D eigenvalue weighted by molar-refractivity contribution is -0.931. The second-order valence-corrected chi connectivity index (χ2v) is 8.28. The largest absolute Gasteiger partial charge is 0.360 e. The lowest BCUT2D eigenvalue weighted by Crippen LogP contribution is -3.15. The zero-order valence-corrected chi connectivity index (χ0v) is 16.6. The Hall–Kier alpha value is -2.40. The summed E-state index contributed by atoms with van der Waals surface area (Å²) < 4.78 is 0. The predicted molar refractivity (Wildman–Crippen MR) is 109 cm³/mol. The molecule has 1 saturated heterocycles. The summed E-state index contributed by atoms with van der Waals surface area (Å²) >= 11 is 0. The van der Waals surface area contributed by atoms with Gasteiger partial charge in [-0.2, -0.15) is 0 Å². The smallest absolute Gasteiger partial charge is 0.225 e. The number of rotatable bonds is 5. The van der Waals surface area contributed by atoms with Crippen molar-refractivity contribution in [3.05, 3.63) is 60.4 Å². The number of anilines is 1. The van der Waals surface area contributed by atoms with E-state index in [4.69, 9.17) is 0 Å². The molecule has 0 bridgehead atoms. The summed E-state index contributed by atoms with van der Waals surface area (Å²) in [5.41, 5.74) is 2.10. The quantitative estimate of drug-likeness (QED) is 0.846. The van der Waals surface area contributed by atoms with Gasteiger partial charge in [-0.3, -0.25) is 9.78 Å². The maximum absolute atomic E-state index is 12.4. The summed E-state index contributed by atoms with van der Waals surface area (Å²) in [6, 6.07) is 14.9. The molecule has 0 radical (unpaired) electrons. The summed E-state index contributed by atoms with van der Waals surface area (Å²) in [7, 11) is 0. The Morgan fingerprint density at radius 1 is 1.15 bits per heavy atom. The molecular formula is C22H31N4O+. The van der Waals surface area contributed by atoms with Crippen LogP contribution in [0.2, 0.25) is 0 Å². The van der Waals surface area contributed by atoms with Crippen LogP contribution in [-0.2, 0) is 4.79 Å². The number of carbonyl (C=O) groups excluding carboxylic acids is 1. The first-order valence-corrected chi connectivity index (χ1v) is 9.78. The van der Waals surface area contributed by atoms with Crippen LogP contribution in [0.5, 0.6) is 0 Å². The van der Waals surface area contributed by atoms with Crippen molar-refractivity contribution in [3.63, 3.8) is 0 Å². The zero-order chi connectivity index (χ0) is 19.3. The Balaban J connectivity index is 1.68. The summed E-state index contributed by atoms with van der Waals surface area (Å²) in [6.07, 6.45) is 3.74. The Morgan fingerprint density at radius 3 is 2.44 bits per heavy atom. The fourth-order valence-electron chi connectivity index (χ4n) is 3.58. The Bertz CT molecular complexity index is 719. The van der Waals surface area contributed by atoms with Crippen molar-refractivity contribution < 1.29 is 9.69 Å². The maximum Gasteiger partial charge on any atom is 0.225 e. The van der Waals surface area contributed by atoms with Crippen molar-refractivity contribution >= 4 is 11.6 Å². The summed E-state index contributed by atoms with van der Waals surface area (Å²) in [5, 5.41) is 3.16. The molecule has 1 atom stereocenters. The van der Waals surface area contributed by atoms with E-state index in [1.165, 1.54) is 16.2 Å². The Kier molecular flexibility index (Phi) is 6.11. The molecule has 2 heterocycles. The second-order valence-electron chi connectivity index (χ2n) is 8.28. The highest BCUT2D eigenvalue weighted by Crippen LogP contribution is 2.15. The van der Waals surface area contributed by atoms with E-state index in [9.17, 15) is 4.79 Å². The number of aromatic nitrogens is 1. The van der Waals surface area contributed by atoms with Crippen LogP contribution >= 0.6 is 0 Å². The third-order valence-corrected chi connectivity index (χ3v) is 5.25. The summed E-state index contributed by atoms with van der Waals surface area (Å²) in [4.78, 5) is 20.6. The maximum atomic E-state index is 12.4. The van der Waals surface area contributed by atoms with Gasteiger partial charge in [-0.25, -0.2) is 0 Å². The number of carbonyl (C=O) groups is 1. The standard InChI is InChI=1S/C22H30N4O/c1-22(2,3)21(27)24-17-20(18-8-7-11-23-16-18)26-14-12-25(13-15-26)19-9-5-4-6-10-19/h4-11,16,20H,12-15,17H2,1-3H3,(H,24,27)/p+1. The molecule has 2 N–H and O–H groups in total. The molecule has 1 aliphatic rings. The van der Waals surface area contributed by atoms with Crippen LogP contribution in [0.3, 0.4) is 0 Å². The topological polar surface area (TPSA) is 49.7 Å². The third kappa shape index (κ3) is 5.07. The molecule has 5 heteroatoms. The number of piperazine rings is 1. The van der Waals surface area contributed by atoms with E-state index in [0.29, 0.717) is 6.54 Å². The molecule has 0 aliphatic carbocycles. The fraction of sp³-hybridized carbons (Fsp3) is 0.455. The van der Waals surface area contributed by atoms with Crippen molar-refractivity contribution in [2.75, 3.05) is 37.6 Å². The highest BCUT2D eigenvalue weighted by atomic mass is 16.2. The van der Waals surface area contributed by atoms with Gasteiger partial charge in [-0.15, -0.1) is 0 Å². The first-order chi connectivity index (χ1) is 12.9. The van der Waals surface area contributed by atoms with Gasteiger partial charge < -0.3 is 15.1 Å². The molecule has 144 valence electrons. The van der Waals surface area contributed by atoms with Gasteiger partial charge in [-0.1, -0.05) is 39.0 Å². The molecule has 27 heavy (non-hydrogen) atoms. The second kappa shape index (κ2) is 8.53. The first-order valence-electron chi connectivity index (χ1n) is 9.78. The van der Waals surface area contributed by atoms with Gasteiger partial charge in [0.05, 0.1) is 32.7 Å². The van der Waals surface area contributed by atoms with Crippen LogP contribution in [0.1, 0.15) is 32.4 Å². The molecular weight excluding hydrogens is 336 g/mol. The molecule has 1 aromatic carbocycles. The van der Waals surface area contributed by atoms with E-state index < -0.39 is 0 Å². The van der Waals surface area contributed by atoms with E-state index in [1.807, 2.05) is 33.0 Å². The van der Waals surface area contributed by atoms with Gasteiger partial charge in [0.1, 0.15) is 6.04 Å². The van der Waals surface area contributed by atoms with E-state index in [2.05, 4.69) is 51.6 Å². The highest BCUT2D eigenvalue weighted by Gasteiger charge is 2.30. The van der Waals surface area contributed by atoms with Gasteiger partial charge in [0, 0.05) is 29.1 Å². The minimum absolute atomic E-state index is 0.0960. The average Bonchev–Trinajstić information content (AvgIpc) is 2.69. The van der Waals surface area contributed by atoms with E-state index >= 15 is 0 Å². The number of nitrogens with one attached hydrogen (secondary N) is 2. The lowest BCUT2D eigenvalue weighted by Gasteiger charge is -2.38. The van der Waals surface area contributed by atoms with Gasteiger partial charge in [-0.05, 0) is 24.3 Å². The van der Waals surface area contributed by atoms with Crippen LogP contribution in [0, 0.1) is 5.41 Å². The molecule has 0 spiro atoms. The summed E-state index contributed by atoms with van der Waals surface area (Å²) in [5.74, 6) is 0.0960. The molecule has 1 aromatic heterocycles. The monoisotopic (exact) mass is 367 g/mol. The van der Waals surface area contributed by atoms with Gasteiger partial charge >= 0.3 is 0 Å². The third-order valence-electron chi connectivity index (χ3n) is 5.25. The number of quaternary nitrogens is 1. The normalized spacial score (nSPS) is 16.8. The minimum atomic E-state index is -0.374. The minimum Gasteiger partial charge on any atom is -0.360 e.